The van der Waals surface area contributed by atoms with E-state index < -0.39 is 6.04 Å². The van der Waals surface area contributed by atoms with Crippen LogP contribution in [0, 0.1) is 34.8 Å². The Kier molecular flexibility index (Phi) is 4.27. The Morgan fingerprint density at radius 1 is 1.19 bits per heavy atom. The number of rotatable bonds is 2. The van der Waals surface area contributed by atoms with Crippen LogP contribution in [0.3, 0.4) is 0 Å². The Morgan fingerprint density at radius 3 is 2.67 bits per heavy atom. The lowest BCUT2D eigenvalue weighted by Crippen LogP contribution is -2.43. The second-order valence-corrected chi connectivity index (χ2v) is 8.51. The summed E-state index contributed by atoms with van der Waals surface area (Å²) in [7, 11) is 0. The quantitative estimate of drug-likeness (QED) is 0.586. The Bertz CT molecular complexity index is 768. The highest BCUT2D eigenvalue weighted by molar-refractivity contribution is 5.89. The van der Waals surface area contributed by atoms with E-state index in [0.29, 0.717) is 37.4 Å². The minimum atomic E-state index is -0.392. The molecule has 0 radical (unpaired) electrons. The summed E-state index contributed by atoms with van der Waals surface area (Å²) in [5.74, 6) is 2.14. The van der Waals surface area contributed by atoms with Crippen LogP contribution in [0.15, 0.2) is 11.3 Å². The van der Waals surface area contributed by atoms with Gasteiger partial charge in [0.15, 0.2) is 0 Å². The maximum absolute atomic E-state index is 11.2. The van der Waals surface area contributed by atoms with Crippen molar-refractivity contribution in [1.82, 2.24) is 9.66 Å². The fraction of sp³-hybridized carbons (Fsp3) is 0.789. The number of nitrogens with zero attached hydrogens (tertiary/aromatic N) is 4. The third kappa shape index (κ3) is 2.99. The average Bonchev–Trinajstić information content (AvgIpc) is 3.21. The summed E-state index contributed by atoms with van der Waals surface area (Å²) < 4.78 is 13.6. The maximum atomic E-state index is 11.2. The molecule has 8 nitrogen and oxygen atoms in total. The summed E-state index contributed by atoms with van der Waals surface area (Å²) in [5.41, 5.74) is 2.27. The number of imidazole rings is 1. The van der Waals surface area contributed by atoms with Gasteiger partial charge in [0, 0.05) is 35.8 Å². The number of aryl methyl sites for hydroxylation is 1. The number of ether oxygens (including phenoxy) is 2. The highest BCUT2D eigenvalue weighted by Crippen LogP contribution is 2.43. The molecule has 8 heteroatoms. The maximum Gasteiger partial charge on any atom is 0.213 e. The van der Waals surface area contributed by atoms with Crippen molar-refractivity contribution in [2.45, 2.75) is 70.1 Å². The summed E-state index contributed by atoms with van der Waals surface area (Å²) in [4.78, 5) is 15.6. The molecule has 0 bridgehead atoms. The van der Waals surface area contributed by atoms with E-state index in [4.69, 9.17) is 14.6 Å². The van der Waals surface area contributed by atoms with Gasteiger partial charge in [-0.15, -0.1) is 0 Å². The zero-order chi connectivity index (χ0) is 18.5. The number of hydrogen-bond donors (Lipinski definition) is 0. The molecule has 1 saturated heterocycles. The van der Waals surface area contributed by atoms with Crippen molar-refractivity contribution in [3.63, 3.8) is 0 Å². The van der Waals surface area contributed by atoms with Crippen molar-refractivity contribution in [2.75, 3.05) is 6.79 Å². The molecule has 1 aromatic heterocycles. The molecule has 0 aromatic carbocycles. The van der Waals surface area contributed by atoms with E-state index in [9.17, 15) is 10.1 Å². The van der Waals surface area contributed by atoms with Gasteiger partial charge in [-0.3, -0.25) is 10.1 Å². The van der Waals surface area contributed by atoms with Gasteiger partial charge in [0.1, 0.15) is 12.6 Å². The largest absolute Gasteiger partial charge is 0.349 e. The van der Waals surface area contributed by atoms with Crippen LogP contribution in [0.1, 0.15) is 50.0 Å². The minimum Gasteiger partial charge on any atom is -0.349 e. The molecule has 0 spiro atoms. The SMILES string of the molecule is Cc1cnc2n1N=C(C1CCC([N+](=O)[O-])CC1)C1CC3OCOC3CC1C2. The highest BCUT2D eigenvalue weighted by Gasteiger charge is 2.46. The molecule has 2 saturated carbocycles. The van der Waals surface area contributed by atoms with E-state index in [0.717, 1.165) is 43.6 Å². The lowest BCUT2D eigenvalue weighted by atomic mass is 9.68. The lowest BCUT2D eigenvalue weighted by molar-refractivity contribution is -0.526. The highest BCUT2D eigenvalue weighted by atomic mass is 16.7. The van der Waals surface area contributed by atoms with Crippen molar-refractivity contribution in [2.24, 2.45) is 22.9 Å². The predicted octanol–water partition coefficient (Wildman–Crippen LogP) is 2.55. The second kappa shape index (κ2) is 6.67. The molecule has 5 rings (SSSR count). The van der Waals surface area contributed by atoms with Crippen molar-refractivity contribution in [1.29, 1.82) is 0 Å². The first-order valence-corrected chi connectivity index (χ1v) is 10.1. The monoisotopic (exact) mass is 374 g/mol. The van der Waals surface area contributed by atoms with Crippen LogP contribution in [0.25, 0.3) is 0 Å². The van der Waals surface area contributed by atoms with Crippen LogP contribution in [-0.4, -0.2) is 45.3 Å². The van der Waals surface area contributed by atoms with Gasteiger partial charge in [-0.25, -0.2) is 9.66 Å². The van der Waals surface area contributed by atoms with Crippen molar-refractivity contribution >= 4 is 5.71 Å². The third-order valence-corrected chi connectivity index (χ3v) is 7.00. The van der Waals surface area contributed by atoms with Crippen LogP contribution in [0.2, 0.25) is 0 Å². The number of aromatic nitrogens is 2. The summed E-state index contributed by atoms with van der Waals surface area (Å²) >= 11 is 0. The third-order valence-electron chi connectivity index (χ3n) is 7.00. The molecule has 0 amide bonds. The molecule has 146 valence electrons. The van der Waals surface area contributed by atoms with Crippen molar-refractivity contribution in [3.8, 4) is 0 Å². The van der Waals surface area contributed by atoms with Crippen LogP contribution < -0.4 is 0 Å². The van der Waals surface area contributed by atoms with Gasteiger partial charge in [0.05, 0.1) is 24.1 Å². The van der Waals surface area contributed by atoms with Gasteiger partial charge in [-0.2, -0.15) is 5.10 Å². The predicted molar refractivity (Wildman–Crippen MR) is 97.1 cm³/mol. The fourth-order valence-electron chi connectivity index (χ4n) is 5.51. The summed E-state index contributed by atoms with van der Waals surface area (Å²) in [5, 5.41) is 16.2. The molecular formula is C19H26N4O4. The summed E-state index contributed by atoms with van der Waals surface area (Å²) in [6.45, 7) is 2.43. The molecule has 0 N–H and O–H groups in total. The minimum absolute atomic E-state index is 0.110. The normalized spacial score (nSPS) is 38.3. The number of fused-ring (bicyclic) bond motifs is 3. The molecule has 1 aromatic rings. The van der Waals surface area contributed by atoms with Gasteiger partial charge in [-0.05, 0) is 44.4 Å². The molecule has 3 fully saturated rings. The zero-order valence-corrected chi connectivity index (χ0v) is 15.6. The van der Waals surface area contributed by atoms with Crippen LogP contribution in [0.5, 0.6) is 0 Å². The summed E-state index contributed by atoms with van der Waals surface area (Å²) in [6, 6.07) is -0.392. The molecule has 27 heavy (non-hydrogen) atoms. The van der Waals surface area contributed by atoms with Gasteiger partial charge in [0.25, 0.3) is 0 Å². The molecular weight excluding hydrogens is 348 g/mol. The van der Waals surface area contributed by atoms with Crippen molar-refractivity contribution in [3.05, 3.63) is 27.8 Å². The van der Waals surface area contributed by atoms with Crippen LogP contribution in [-0.2, 0) is 15.9 Å². The first-order chi connectivity index (χ1) is 13.1. The Balaban J connectivity index is 1.47. The zero-order valence-electron chi connectivity index (χ0n) is 15.6. The molecule has 2 aliphatic heterocycles. The van der Waals surface area contributed by atoms with Gasteiger partial charge in [-0.1, -0.05) is 0 Å². The van der Waals surface area contributed by atoms with E-state index in [2.05, 4.69) is 4.98 Å². The number of nitro groups is 1. The Labute approximate surface area is 158 Å². The standard InChI is InChI=1S/C19H26N4O4/c1-11-9-20-18-7-13-6-16-17(27-10-26-16)8-15(13)19(21-22(11)18)12-2-4-14(5-3-12)23(24)25/h9,12-17H,2-8,10H2,1H3. The second-order valence-electron chi connectivity index (χ2n) is 8.51. The first-order valence-electron chi connectivity index (χ1n) is 10.1. The molecule has 2 aliphatic carbocycles. The fourth-order valence-corrected chi connectivity index (χ4v) is 5.51. The van der Waals surface area contributed by atoms with E-state index in [-0.39, 0.29) is 17.1 Å². The van der Waals surface area contributed by atoms with Crippen LogP contribution >= 0.6 is 0 Å². The van der Waals surface area contributed by atoms with E-state index in [1.165, 1.54) is 5.71 Å². The molecule has 3 heterocycles. The Hall–Kier alpha value is -1.80. The topological polar surface area (TPSA) is 91.8 Å². The van der Waals surface area contributed by atoms with Crippen LogP contribution in [0.4, 0.5) is 0 Å². The molecule has 4 atom stereocenters. The van der Waals surface area contributed by atoms with Gasteiger partial charge >= 0.3 is 0 Å². The Morgan fingerprint density at radius 2 is 1.93 bits per heavy atom. The smallest absolute Gasteiger partial charge is 0.213 e. The lowest BCUT2D eigenvalue weighted by Gasteiger charge is -2.39. The molecule has 4 aliphatic rings. The van der Waals surface area contributed by atoms with Gasteiger partial charge in [0.2, 0.25) is 6.04 Å². The average molecular weight is 374 g/mol. The van der Waals surface area contributed by atoms with Crippen molar-refractivity contribution < 1.29 is 14.4 Å². The summed E-state index contributed by atoms with van der Waals surface area (Å²) in [6.07, 6.45) is 8.04. The van der Waals surface area contributed by atoms with E-state index in [1.54, 1.807) is 0 Å². The molecule has 4 unspecified atom stereocenters. The van der Waals surface area contributed by atoms with E-state index in [1.807, 2.05) is 17.8 Å². The van der Waals surface area contributed by atoms with Gasteiger partial charge < -0.3 is 9.47 Å². The van der Waals surface area contributed by atoms with E-state index >= 15 is 0 Å². The number of hydrogen-bond acceptors (Lipinski definition) is 6. The first kappa shape index (κ1) is 17.3.